The highest BCUT2D eigenvalue weighted by molar-refractivity contribution is 5.91. The summed E-state index contributed by atoms with van der Waals surface area (Å²) in [5, 5.41) is 9.16. The fraction of sp³-hybridized carbons (Fsp3) is 0.188. The molecule has 0 radical (unpaired) electrons. The molecule has 0 saturated heterocycles. The van der Waals surface area contributed by atoms with E-state index >= 15 is 0 Å². The van der Waals surface area contributed by atoms with Gasteiger partial charge in [-0.15, -0.1) is 0 Å². The first-order chi connectivity index (χ1) is 10.0. The van der Waals surface area contributed by atoms with Crippen LogP contribution in [0.5, 0.6) is 5.75 Å². The number of ether oxygens (including phenoxy) is 1. The second-order valence-electron chi connectivity index (χ2n) is 4.65. The molecule has 5 heteroatoms. The third-order valence-corrected chi connectivity index (χ3v) is 3.18. The van der Waals surface area contributed by atoms with Gasteiger partial charge < -0.3 is 14.7 Å². The maximum absolute atomic E-state index is 13.7. The zero-order chi connectivity index (χ0) is 15.4. The third-order valence-electron chi connectivity index (χ3n) is 3.18. The molecule has 2 aromatic rings. The number of hydrogen-bond acceptors (Lipinski definition) is 3. The first-order valence-corrected chi connectivity index (χ1v) is 6.39. The van der Waals surface area contributed by atoms with Crippen LogP contribution in [0.2, 0.25) is 0 Å². The Morgan fingerprint density at radius 3 is 2.62 bits per heavy atom. The molecule has 0 amide bonds. The van der Waals surface area contributed by atoms with E-state index < -0.39 is 5.97 Å². The van der Waals surface area contributed by atoms with Crippen molar-refractivity contribution in [2.45, 2.75) is 6.54 Å². The van der Waals surface area contributed by atoms with Crippen molar-refractivity contribution in [2.24, 2.45) is 0 Å². The number of methoxy groups -OCH3 is 1. The lowest BCUT2D eigenvalue weighted by Gasteiger charge is -2.20. The van der Waals surface area contributed by atoms with Crippen molar-refractivity contribution in [1.29, 1.82) is 0 Å². The molecule has 0 atom stereocenters. The van der Waals surface area contributed by atoms with Gasteiger partial charge in [-0.2, -0.15) is 0 Å². The van der Waals surface area contributed by atoms with E-state index in [0.717, 1.165) is 5.56 Å². The lowest BCUT2D eigenvalue weighted by Crippen LogP contribution is -2.18. The van der Waals surface area contributed by atoms with Gasteiger partial charge in [-0.05, 0) is 29.8 Å². The molecule has 0 aliphatic rings. The summed E-state index contributed by atoms with van der Waals surface area (Å²) in [6, 6.07) is 11.4. The monoisotopic (exact) mass is 289 g/mol. The highest BCUT2D eigenvalue weighted by Crippen LogP contribution is 2.23. The quantitative estimate of drug-likeness (QED) is 0.918. The molecule has 4 nitrogen and oxygen atoms in total. The maximum Gasteiger partial charge on any atom is 0.339 e. The predicted octanol–water partition coefficient (Wildman–Crippen LogP) is 3.17. The second-order valence-corrected chi connectivity index (χ2v) is 4.65. The van der Waals surface area contributed by atoms with E-state index in [2.05, 4.69) is 0 Å². The number of carboxylic acid groups (broad SMARTS) is 1. The number of halogens is 1. The number of nitrogens with zero attached hydrogens (tertiary/aromatic N) is 1. The fourth-order valence-corrected chi connectivity index (χ4v) is 2.14. The molecule has 2 rings (SSSR count). The lowest BCUT2D eigenvalue weighted by molar-refractivity contribution is 0.0693. The molecule has 110 valence electrons. The Bertz CT molecular complexity index is 658. The Labute approximate surface area is 122 Å². The molecule has 21 heavy (non-hydrogen) atoms. The van der Waals surface area contributed by atoms with E-state index in [1.807, 2.05) is 0 Å². The fourth-order valence-electron chi connectivity index (χ4n) is 2.14. The van der Waals surface area contributed by atoms with Gasteiger partial charge in [0.05, 0.1) is 12.8 Å². The number of rotatable bonds is 5. The molecule has 0 aliphatic carbocycles. The molecule has 0 fully saturated rings. The second kappa shape index (κ2) is 6.26. The van der Waals surface area contributed by atoms with Crippen molar-refractivity contribution in [2.75, 3.05) is 19.1 Å². The van der Waals surface area contributed by atoms with Crippen LogP contribution >= 0.6 is 0 Å². The summed E-state index contributed by atoms with van der Waals surface area (Å²) in [4.78, 5) is 12.9. The first kappa shape index (κ1) is 14.8. The summed E-state index contributed by atoms with van der Waals surface area (Å²) >= 11 is 0. The molecule has 0 bridgehead atoms. The average molecular weight is 289 g/mol. The van der Waals surface area contributed by atoms with Crippen molar-refractivity contribution in [3.8, 4) is 5.75 Å². The van der Waals surface area contributed by atoms with Gasteiger partial charge in [0, 0.05) is 13.6 Å². The van der Waals surface area contributed by atoms with Crippen molar-refractivity contribution in [3.05, 3.63) is 59.4 Å². The van der Waals surface area contributed by atoms with Gasteiger partial charge in [-0.3, -0.25) is 0 Å². The van der Waals surface area contributed by atoms with Gasteiger partial charge in [0.2, 0.25) is 0 Å². The molecule has 0 unspecified atom stereocenters. The predicted molar refractivity (Wildman–Crippen MR) is 78.5 cm³/mol. The molecule has 0 heterocycles. The number of para-hydroxylation sites is 1. The van der Waals surface area contributed by atoms with Crippen LogP contribution in [0.3, 0.4) is 0 Å². The minimum atomic E-state index is -1.05. The number of anilines is 1. The minimum Gasteiger partial charge on any atom is -0.496 e. The highest BCUT2D eigenvalue weighted by atomic mass is 19.1. The first-order valence-electron chi connectivity index (χ1n) is 6.39. The zero-order valence-corrected chi connectivity index (χ0v) is 11.8. The van der Waals surface area contributed by atoms with Crippen LogP contribution in [-0.2, 0) is 6.54 Å². The Hall–Kier alpha value is -2.56. The summed E-state index contributed by atoms with van der Waals surface area (Å²) in [5.74, 6) is -1.06. The Morgan fingerprint density at radius 1 is 1.29 bits per heavy atom. The van der Waals surface area contributed by atoms with Gasteiger partial charge in [0.1, 0.15) is 17.1 Å². The summed E-state index contributed by atoms with van der Waals surface area (Å²) < 4.78 is 18.7. The Kier molecular flexibility index (Phi) is 4.42. The van der Waals surface area contributed by atoms with Gasteiger partial charge in [-0.1, -0.05) is 18.2 Å². The van der Waals surface area contributed by atoms with E-state index in [4.69, 9.17) is 9.84 Å². The van der Waals surface area contributed by atoms with Crippen LogP contribution < -0.4 is 9.64 Å². The molecule has 0 saturated carbocycles. The van der Waals surface area contributed by atoms with Crippen molar-refractivity contribution in [3.63, 3.8) is 0 Å². The van der Waals surface area contributed by atoms with Crippen molar-refractivity contribution in [1.82, 2.24) is 0 Å². The smallest absolute Gasteiger partial charge is 0.339 e. The molecule has 0 spiro atoms. The third kappa shape index (κ3) is 3.31. The normalized spacial score (nSPS) is 10.2. The summed E-state index contributed by atoms with van der Waals surface area (Å²) in [7, 11) is 3.18. The number of hydrogen-bond donors (Lipinski definition) is 1. The Balaban J connectivity index is 2.26. The van der Waals surface area contributed by atoms with E-state index in [0.29, 0.717) is 18.0 Å². The van der Waals surface area contributed by atoms with Crippen LogP contribution in [0, 0.1) is 5.82 Å². The number of carboxylic acids is 1. The molecule has 1 N–H and O–H groups in total. The summed E-state index contributed by atoms with van der Waals surface area (Å²) in [5.41, 5.74) is 1.32. The molecule has 0 aromatic heterocycles. The molecular weight excluding hydrogens is 273 g/mol. The van der Waals surface area contributed by atoms with Crippen LogP contribution in [0.15, 0.2) is 42.5 Å². The number of benzene rings is 2. The van der Waals surface area contributed by atoms with E-state index in [9.17, 15) is 9.18 Å². The largest absolute Gasteiger partial charge is 0.496 e. The van der Waals surface area contributed by atoms with Gasteiger partial charge in [-0.25, -0.2) is 9.18 Å². The zero-order valence-electron chi connectivity index (χ0n) is 11.8. The Morgan fingerprint density at radius 2 is 2.00 bits per heavy atom. The van der Waals surface area contributed by atoms with Crippen LogP contribution in [0.25, 0.3) is 0 Å². The van der Waals surface area contributed by atoms with Crippen LogP contribution in [-0.4, -0.2) is 25.2 Å². The molecular formula is C16H16FNO3. The topological polar surface area (TPSA) is 49.8 Å². The lowest BCUT2D eigenvalue weighted by atomic mass is 10.1. The van der Waals surface area contributed by atoms with Gasteiger partial charge in [0.15, 0.2) is 0 Å². The SMILES string of the molecule is COc1ccc(CN(C)c2ccccc2F)cc1C(=O)O. The summed E-state index contributed by atoms with van der Waals surface area (Å²) in [6.45, 7) is 0.394. The highest BCUT2D eigenvalue weighted by Gasteiger charge is 2.13. The van der Waals surface area contributed by atoms with Gasteiger partial charge >= 0.3 is 5.97 Å². The van der Waals surface area contributed by atoms with E-state index in [1.165, 1.54) is 13.2 Å². The molecule has 0 aliphatic heterocycles. The number of carbonyl (C=O) groups is 1. The standard InChI is InChI=1S/C16H16FNO3/c1-18(14-6-4-3-5-13(14)17)10-11-7-8-15(21-2)12(9-11)16(19)20/h3-9H,10H2,1-2H3,(H,19,20). The van der Waals surface area contributed by atoms with Crippen molar-refractivity contribution < 1.29 is 19.0 Å². The van der Waals surface area contributed by atoms with Crippen LogP contribution in [0.1, 0.15) is 15.9 Å². The molecule has 2 aromatic carbocycles. The van der Waals surface area contributed by atoms with Crippen LogP contribution in [0.4, 0.5) is 10.1 Å². The summed E-state index contributed by atoms with van der Waals surface area (Å²) in [6.07, 6.45) is 0. The average Bonchev–Trinajstić information content (AvgIpc) is 2.47. The van der Waals surface area contributed by atoms with E-state index in [-0.39, 0.29) is 11.4 Å². The van der Waals surface area contributed by atoms with E-state index in [1.54, 1.807) is 48.3 Å². The minimum absolute atomic E-state index is 0.0944. The maximum atomic E-state index is 13.7. The van der Waals surface area contributed by atoms with Crippen molar-refractivity contribution >= 4 is 11.7 Å². The van der Waals surface area contributed by atoms with Gasteiger partial charge in [0.25, 0.3) is 0 Å². The number of aromatic carboxylic acids is 1.